The lowest BCUT2D eigenvalue weighted by molar-refractivity contribution is 0.889. The van der Waals surface area contributed by atoms with Gasteiger partial charge in [-0.2, -0.15) is 0 Å². The second-order valence-electron chi connectivity index (χ2n) is 13.3. The molecule has 0 fully saturated rings. The molecule has 2 aromatic carbocycles. The third kappa shape index (κ3) is 5.49. The lowest BCUT2D eigenvalue weighted by Gasteiger charge is -2.31. The van der Waals surface area contributed by atoms with Gasteiger partial charge in [-0.1, -0.05) is 18.2 Å². The van der Waals surface area contributed by atoms with Crippen LogP contribution in [-0.4, -0.2) is 39.9 Å². The molecular weight excluding hydrogens is 637 g/mol. The van der Waals surface area contributed by atoms with E-state index >= 15 is 0 Å². The molecule has 2 aliphatic heterocycles. The lowest BCUT2D eigenvalue weighted by Crippen LogP contribution is -2.36. The fraction of sp³-hybridized carbons (Fsp3) is 0.231. The summed E-state index contributed by atoms with van der Waals surface area (Å²) in [5, 5.41) is 0. The fourth-order valence-corrected chi connectivity index (χ4v) is 6.94. The number of fused-ring (bicyclic) bond motifs is 2. The topological polar surface area (TPSA) is 116 Å². The van der Waals surface area contributed by atoms with Gasteiger partial charge in [-0.25, -0.2) is 39.9 Å². The van der Waals surface area contributed by atoms with Crippen molar-refractivity contribution >= 4 is 46.5 Å². The van der Waals surface area contributed by atoms with Gasteiger partial charge in [0, 0.05) is 45.6 Å². The molecule has 0 atom stereocenters. The summed E-state index contributed by atoms with van der Waals surface area (Å²) >= 11 is 0. The molecule has 51 heavy (non-hydrogen) atoms. The second kappa shape index (κ2) is 11.9. The Balaban J connectivity index is 1.58. The van der Waals surface area contributed by atoms with Gasteiger partial charge in [0.05, 0.1) is 22.7 Å². The van der Waals surface area contributed by atoms with Gasteiger partial charge in [-0.15, -0.1) is 0 Å². The van der Waals surface area contributed by atoms with E-state index in [4.69, 9.17) is 39.9 Å². The molecule has 8 rings (SSSR count). The molecule has 0 radical (unpaired) electrons. The van der Waals surface area contributed by atoms with Crippen molar-refractivity contribution in [2.45, 2.75) is 62.3 Å². The summed E-state index contributed by atoms with van der Waals surface area (Å²) in [6.07, 6.45) is 0. The third-order valence-corrected chi connectivity index (χ3v) is 8.71. The van der Waals surface area contributed by atoms with Crippen LogP contribution in [0.2, 0.25) is 0 Å². The van der Waals surface area contributed by atoms with Crippen LogP contribution in [0.15, 0.2) is 78.4 Å². The summed E-state index contributed by atoms with van der Waals surface area (Å²) in [7, 11) is 0. The van der Waals surface area contributed by atoms with Gasteiger partial charge >= 0.3 is 0 Å². The number of benzene rings is 2. The molecule has 12 nitrogen and oxygen atoms in total. The van der Waals surface area contributed by atoms with Crippen molar-refractivity contribution < 1.29 is 0 Å². The van der Waals surface area contributed by atoms with Gasteiger partial charge in [0.1, 0.15) is 0 Å². The largest absolute Gasteiger partial charge is 0.259 e. The van der Waals surface area contributed by atoms with E-state index in [0.29, 0.717) is 35.4 Å². The highest BCUT2D eigenvalue weighted by Gasteiger charge is 2.47. The van der Waals surface area contributed by atoms with Crippen molar-refractivity contribution in [3.05, 3.63) is 129 Å². The molecular formula is C39H38N12. The first kappa shape index (κ1) is 31.9. The fourth-order valence-electron chi connectivity index (χ4n) is 6.94. The van der Waals surface area contributed by atoms with E-state index in [1.807, 2.05) is 91.8 Å². The van der Waals surface area contributed by atoms with Crippen LogP contribution < -0.4 is 19.6 Å². The van der Waals surface area contributed by atoms with E-state index in [1.165, 1.54) is 0 Å². The zero-order valence-electron chi connectivity index (χ0n) is 30.2. The molecule has 0 unspecified atom stereocenters. The van der Waals surface area contributed by atoms with Crippen LogP contribution in [0.5, 0.6) is 0 Å². The number of hydrogen-bond donors (Lipinski definition) is 0. The van der Waals surface area contributed by atoms with Crippen LogP contribution in [-0.2, 0) is 0 Å². The number of aromatic nitrogens is 8. The lowest BCUT2D eigenvalue weighted by atomic mass is 10.2. The highest BCUT2D eigenvalue weighted by atomic mass is 15.5. The smallest absolute Gasteiger partial charge is 0.236 e. The van der Waals surface area contributed by atoms with E-state index in [0.717, 1.165) is 73.9 Å². The normalized spacial score (nSPS) is 13.7. The van der Waals surface area contributed by atoms with Gasteiger partial charge in [0.15, 0.2) is 11.6 Å². The molecule has 6 aromatic rings. The second-order valence-corrected chi connectivity index (χ2v) is 13.3. The summed E-state index contributed by atoms with van der Waals surface area (Å²) in [6, 6.07) is 22.4. The quantitative estimate of drug-likeness (QED) is 0.180. The predicted octanol–water partition coefficient (Wildman–Crippen LogP) is 8.03. The van der Waals surface area contributed by atoms with Crippen molar-refractivity contribution in [1.29, 1.82) is 0 Å². The van der Waals surface area contributed by atoms with Crippen LogP contribution >= 0.6 is 0 Å². The van der Waals surface area contributed by atoms with E-state index < -0.39 is 0 Å². The molecule has 0 bridgehead atoms. The third-order valence-electron chi connectivity index (χ3n) is 8.71. The number of para-hydroxylation sites is 2. The molecule has 0 spiro atoms. The molecule has 4 aromatic heterocycles. The maximum absolute atomic E-state index is 5.04. The van der Waals surface area contributed by atoms with E-state index in [1.54, 1.807) is 0 Å². The number of rotatable bonds is 4. The Morgan fingerprint density at radius 1 is 0.314 bits per heavy atom. The van der Waals surface area contributed by atoms with Crippen molar-refractivity contribution in [3.63, 3.8) is 0 Å². The molecule has 0 amide bonds. The van der Waals surface area contributed by atoms with Crippen molar-refractivity contribution in [2.75, 3.05) is 19.6 Å². The molecule has 6 heterocycles. The summed E-state index contributed by atoms with van der Waals surface area (Å²) in [5.74, 6) is 3.36. The maximum atomic E-state index is 5.04. The standard InChI is InChI=1S/C39H38N12/c1-21-14-15-32-33(16-21)51(39-46-28(8)20-29(9)47-39)35(50(32)38-44-26(6)19-27(7)45-38)34-48(36-40-22(2)17-23(3)41-36)30-12-10-11-13-31(30)49(34)37-42-24(4)18-25(5)43-37/h10-20H,1-9H3. The maximum Gasteiger partial charge on any atom is 0.236 e. The highest BCUT2D eigenvalue weighted by molar-refractivity contribution is 5.97. The van der Waals surface area contributed by atoms with E-state index in [2.05, 4.69) is 56.9 Å². The van der Waals surface area contributed by atoms with Gasteiger partial charge in [-0.3, -0.25) is 19.6 Å². The van der Waals surface area contributed by atoms with Crippen LogP contribution in [0, 0.1) is 62.3 Å². The van der Waals surface area contributed by atoms with Crippen LogP contribution in [0.1, 0.15) is 51.1 Å². The molecule has 12 heteroatoms. The molecule has 0 saturated carbocycles. The van der Waals surface area contributed by atoms with Gasteiger partial charge in [0.25, 0.3) is 0 Å². The summed E-state index contributed by atoms with van der Waals surface area (Å²) in [6.45, 7) is 18.0. The van der Waals surface area contributed by atoms with Gasteiger partial charge < -0.3 is 0 Å². The molecule has 0 N–H and O–H groups in total. The van der Waals surface area contributed by atoms with E-state index in [-0.39, 0.29) is 0 Å². The minimum atomic E-state index is 0.504. The average Bonchev–Trinajstić information content (AvgIpc) is 3.55. The Morgan fingerprint density at radius 2 is 0.588 bits per heavy atom. The molecule has 0 aliphatic carbocycles. The monoisotopic (exact) mass is 674 g/mol. The molecule has 2 aliphatic rings. The minimum absolute atomic E-state index is 0.504. The summed E-state index contributed by atoms with van der Waals surface area (Å²) < 4.78 is 0. The Labute approximate surface area is 297 Å². The summed E-state index contributed by atoms with van der Waals surface area (Å²) in [4.78, 5) is 48.6. The first-order valence-corrected chi connectivity index (χ1v) is 16.9. The van der Waals surface area contributed by atoms with Crippen molar-refractivity contribution in [1.82, 2.24) is 39.9 Å². The SMILES string of the molecule is Cc1ccc2c(c1)N(c1nc(C)cc(C)n1)C(=C1N(c3nc(C)cc(C)n3)c3ccccc3N1c1nc(C)cc(C)n1)N2c1nc(C)cc(C)n1. The number of nitrogens with zero attached hydrogens (tertiary/aromatic N) is 12. The molecule has 254 valence electrons. The van der Waals surface area contributed by atoms with Crippen molar-refractivity contribution in [2.24, 2.45) is 0 Å². The van der Waals surface area contributed by atoms with Crippen LogP contribution in [0.25, 0.3) is 0 Å². The zero-order valence-corrected chi connectivity index (χ0v) is 30.2. The van der Waals surface area contributed by atoms with Gasteiger partial charge in [-0.05, 0) is 116 Å². The Bertz CT molecular complexity index is 2260. The minimum Gasteiger partial charge on any atom is -0.259 e. The number of anilines is 8. The van der Waals surface area contributed by atoms with E-state index in [9.17, 15) is 0 Å². The Hall–Kier alpha value is -6.30. The van der Waals surface area contributed by atoms with Crippen LogP contribution in [0.4, 0.5) is 46.5 Å². The number of hydrogen-bond acceptors (Lipinski definition) is 12. The number of aryl methyl sites for hydroxylation is 9. The van der Waals surface area contributed by atoms with Crippen LogP contribution in [0.3, 0.4) is 0 Å². The highest BCUT2D eigenvalue weighted by Crippen LogP contribution is 2.55. The predicted molar refractivity (Wildman–Crippen MR) is 199 cm³/mol. The first-order valence-electron chi connectivity index (χ1n) is 16.9. The Kier molecular flexibility index (Phi) is 7.48. The summed E-state index contributed by atoms with van der Waals surface area (Å²) in [5.41, 5.74) is 11.3. The van der Waals surface area contributed by atoms with Gasteiger partial charge in [0.2, 0.25) is 23.8 Å². The molecule has 0 saturated heterocycles. The zero-order chi connectivity index (χ0) is 35.7. The first-order chi connectivity index (χ1) is 24.4. The Morgan fingerprint density at radius 3 is 0.902 bits per heavy atom. The van der Waals surface area contributed by atoms with Crippen molar-refractivity contribution in [3.8, 4) is 0 Å². The average molecular weight is 675 g/mol.